The summed E-state index contributed by atoms with van der Waals surface area (Å²) in [4.78, 5) is 12.7. The molecule has 2 aromatic rings. The monoisotopic (exact) mass is 322 g/mol. The van der Waals surface area contributed by atoms with Gasteiger partial charge >= 0.3 is 0 Å². The molecule has 110 valence electrons. The first-order valence-corrected chi connectivity index (χ1v) is 8.05. The molecule has 2 aromatic carbocycles. The van der Waals surface area contributed by atoms with Gasteiger partial charge in [0.25, 0.3) is 5.91 Å². The normalized spacial score (nSPS) is 11.1. The Morgan fingerprint density at radius 2 is 1.71 bits per heavy atom. The van der Waals surface area contributed by atoms with Gasteiger partial charge in [-0.25, -0.2) is 13.6 Å². The Morgan fingerprint density at radius 3 is 2.29 bits per heavy atom. The fraction of sp³-hybridized carbons (Fsp3) is 0.0714. The zero-order chi connectivity index (χ0) is 15.5. The molecule has 0 saturated heterocycles. The van der Waals surface area contributed by atoms with Crippen molar-refractivity contribution in [1.29, 1.82) is 0 Å². The van der Waals surface area contributed by atoms with Crippen LogP contribution in [-0.2, 0) is 16.6 Å². The summed E-state index contributed by atoms with van der Waals surface area (Å²) in [5, 5.41) is 7.74. The fourth-order valence-corrected chi connectivity index (χ4v) is 2.49. The lowest BCUT2D eigenvalue weighted by Crippen LogP contribution is -2.23. The molecule has 0 radical (unpaired) electrons. The molecule has 0 aliphatic heterocycles. The molecule has 0 aromatic heterocycles. The van der Waals surface area contributed by atoms with Crippen LogP contribution in [0.25, 0.3) is 0 Å². The lowest BCUT2D eigenvalue weighted by Gasteiger charge is -2.07. The van der Waals surface area contributed by atoms with Gasteiger partial charge in [0.05, 0.1) is 4.90 Å². The summed E-state index contributed by atoms with van der Waals surface area (Å²) in [5.74, 6) is -0.299. The van der Waals surface area contributed by atoms with E-state index in [1.165, 1.54) is 24.3 Å². The molecule has 0 aliphatic carbocycles. The lowest BCUT2D eigenvalue weighted by atomic mass is 10.2. The van der Waals surface area contributed by atoms with Gasteiger partial charge in [-0.05, 0) is 35.9 Å². The van der Waals surface area contributed by atoms with Gasteiger partial charge in [0.2, 0.25) is 10.0 Å². The maximum atomic E-state index is 12.0. The van der Waals surface area contributed by atoms with Crippen molar-refractivity contribution in [1.82, 2.24) is 5.32 Å². The average molecular weight is 322 g/mol. The number of nitrogens with one attached hydrogen (secondary N) is 1. The number of carbonyl (C=O) groups excluding carboxylic acids is 1. The molecule has 21 heavy (non-hydrogen) atoms. The maximum absolute atomic E-state index is 12.0. The van der Waals surface area contributed by atoms with Crippen molar-refractivity contribution in [3.63, 3.8) is 0 Å². The van der Waals surface area contributed by atoms with E-state index < -0.39 is 10.0 Å². The first-order valence-electron chi connectivity index (χ1n) is 6.06. The van der Waals surface area contributed by atoms with Crippen molar-refractivity contribution in [2.45, 2.75) is 16.3 Å². The van der Waals surface area contributed by atoms with Crippen LogP contribution in [0.4, 0.5) is 0 Å². The Hall–Kier alpha value is -1.83. The number of amides is 1. The van der Waals surface area contributed by atoms with Crippen molar-refractivity contribution >= 4 is 28.6 Å². The third kappa shape index (κ3) is 4.07. The Morgan fingerprint density at radius 1 is 1.10 bits per heavy atom. The number of thiol groups is 1. The van der Waals surface area contributed by atoms with Crippen LogP contribution in [0.5, 0.6) is 0 Å². The zero-order valence-corrected chi connectivity index (χ0v) is 12.7. The summed E-state index contributed by atoms with van der Waals surface area (Å²) >= 11 is 4.30. The molecule has 7 heteroatoms. The summed E-state index contributed by atoms with van der Waals surface area (Å²) in [6, 6.07) is 12.9. The third-order valence-corrected chi connectivity index (χ3v) is 4.24. The Kier molecular flexibility index (Phi) is 4.66. The molecule has 1 amide bonds. The third-order valence-electron chi connectivity index (χ3n) is 2.88. The first kappa shape index (κ1) is 15.6. The van der Waals surface area contributed by atoms with Crippen LogP contribution in [0.2, 0.25) is 0 Å². The van der Waals surface area contributed by atoms with Crippen LogP contribution < -0.4 is 10.5 Å². The second-order valence-electron chi connectivity index (χ2n) is 4.38. The predicted molar refractivity (Wildman–Crippen MR) is 82.7 cm³/mol. The highest BCUT2D eigenvalue weighted by Crippen LogP contribution is 2.13. The van der Waals surface area contributed by atoms with Crippen molar-refractivity contribution in [3.05, 3.63) is 59.7 Å². The molecule has 5 nitrogen and oxygen atoms in total. The summed E-state index contributed by atoms with van der Waals surface area (Å²) in [5.41, 5.74) is 1.26. The van der Waals surface area contributed by atoms with E-state index in [1.54, 1.807) is 0 Å². The number of primary sulfonamides is 1. The van der Waals surface area contributed by atoms with Gasteiger partial charge in [0.15, 0.2) is 0 Å². The number of nitrogens with two attached hydrogens (primary N) is 1. The van der Waals surface area contributed by atoms with Gasteiger partial charge in [-0.3, -0.25) is 4.79 Å². The van der Waals surface area contributed by atoms with Crippen molar-refractivity contribution in [2.75, 3.05) is 0 Å². The summed E-state index contributed by atoms with van der Waals surface area (Å²) in [6.45, 7) is 0.343. The van der Waals surface area contributed by atoms with Crippen molar-refractivity contribution in [3.8, 4) is 0 Å². The second-order valence-corrected chi connectivity index (χ2v) is 6.42. The smallest absolute Gasteiger partial charge is 0.251 e. The van der Waals surface area contributed by atoms with E-state index in [2.05, 4.69) is 17.9 Å². The molecular weight excluding hydrogens is 308 g/mol. The summed E-state index contributed by atoms with van der Waals surface area (Å²) in [7, 11) is -3.75. The van der Waals surface area contributed by atoms with Gasteiger partial charge < -0.3 is 5.32 Å². The highest BCUT2D eigenvalue weighted by atomic mass is 32.2. The number of benzene rings is 2. The topological polar surface area (TPSA) is 89.3 Å². The van der Waals surface area contributed by atoms with Gasteiger partial charge in [-0.1, -0.05) is 18.2 Å². The molecule has 0 unspecified atom stereocenters. The van der Waals surface area contributed by atoms with E-state index in [-0.39, 0.29) is 10.8 Å². The maximum Gasteiger partial charge on any atom is 0.251 e. The number of carbonyl (C=O) groups is 1. The van der Waals surface area contributed by atoms with Crippen molar-refractivity contribution in [2.24, 2.45) is 5.14 Å². The molecule has 2 rings (SSSR count). The Bertz CT molecular complexity index is 756. The fourth-order valence-electron chi connectivity index (χ4n) is 1.73. The van der Waals surface area contributed by atoms with Crippen molar-refractivity contribution < 1.29 is 13.2 Å². The van der Waals surface area contributed by atoms with Gasteiger partial charge in [-0.15, -0.1) is 12.6 Å². The molecule has 0 bridgehead atoms. The highest BCUT2D eigenvalue weighted by molar-refractivity contribution is 7.89. The average Bonchev–Trinajstić information content (AvgIpc) is 2.45. The molecule has 0 spiro atoms. The Labute approximate surface area is 128 Å². The van der Waals surface area contributed by atoms with E-state index in [1.807, 2.05) is 24.3 Å². The number of hydrogen-bond donors (Lipinski definition) is 3. The quantitative estimate of drug-likeness (QED) is 0.746. The van der Waals surface area contributed by atoms with Crippen LogP contribution in [-0.4, -0.2) is 14.3 Å². The van der Waals surface area contributed by atoms with Crippen LogP contribution in [0.3, 0.4) is 0 Å². The van der Waals surface area contributed by atoms with Crippen LogP contribution in [0, 0.1) is 0 Å². The van der Waals surface area contributed by atoms with E-state index in [0.717, 1.165) is 10.5 Å². The van der Waals surface area contributed by atoms with Crippen LogP contribution >= 0.6 is 12.6 Å². The molecule has 0 heterocycles. The van der Waals surface area contributed by atoms with E-state index in [0.29, 0.717) is 12.1 Å². The molecule has 0 fully saturated rings. The van der Waals surface area contributed by atoms with Gasteiger partial charge in [0.1, 0.15) is 0 Å². The minimum Gasteiger partial charge on any atom is -0.348 e. The van der Waals surface area contributed by atoms with E-state index in [9.17, 15) is 13.2 Å². The van der Waals surface area contributed by atoms with Gasteiger partial charge in [-0.2, -0.15) is 0 Å². The first-order chi connectivity index (χ1) is 9.88. The van der Waals surface area contributed by atoms with E-state index >= 15 is 0 Å². The van der Waals surface area contributed by atoms with E-state index in [4.69, 9.17) is 5.14 Å². The minimum absolute atomic E-state index is 0.0280. The number of hydrogen-bond acceptors (Lipinski definition) is 4. The molecular formula is C14H14N2O3S2. The molecule has 0 aliphatic rings. The standard InChI is InChI=1S/C14H14N2O3S2/c15-21(18,19)12-7-5-10(6-8-12)14(17)16-9-11-3-1-2-4-13(11)20/h1-8,20H,9H2,(H,16,17)(H2,15,18,19). The molecule has 3 N–H and O–H groups in total. The zero-order valence-electron chi connectivity index (χ0n) is 11.0. The minimum atomic E-state index is -3.75. The second kappa shape index (κ2) is 6.30. The summed E-state index contributed by atoms with van der Waals surface area (Å²) < 4.78 is 22.3. The SMILES string of the molecule is NS(=O)(=O)c1ccc(C(=O)NCc2ccccc2S)cc1. The lowest BCUT2D eigenvalue weighted by molar-refractivity contribution is 0.0950. The number of rotatable bonds is 4. The van der Waals surface area contributed by atoms with Crippen LogP contribution in [0.1, 0.15) is 15.9 Å². The Balaban J connectivity index is 2.06. The predicted octanol–water partition coefficient (Wildman–Crippen LogP) is 1.55. The largest absolute Gasteiger partial charge is 0.348 e. The summed E-state index contributed by atoms with van der Waals surface area (Å²) in [6.07, 6.45) is 0. The van der Waals surface area contributed by atoms with Crippen LogP contribution in [0.15, 0.2) is 58.3 Å². The number of sulfonamides is 1. The van der Waals surface area contributed by atoms with Gasteiger partial charge in [0, 0.05) is 17.0 Å². The highest BCUT2D eigenvalue weighted by Gasteiger charge is 2.10. The molecule has 0 atom stereocenters. The molecule has 0 saturated carbocycles.